The Balaban J connectivity index is 1.91. The summed E-state index contributed by atoms with van der Waals surface area (Å²) in [6, 6.07) is 6.59. The highest BCUT2D eigenvalue weighted by atomic mass is 16.6. The molecule has 2 rings (SSSR count). The van der Waals surface area contributed by atoms with Gasteiger partial charge in [-0.05, 0) is 49.9 Å². The lowest BCUT2D eigenvalue weighted by atomic mass is 10.1. The maximum atomic E-state index is 12.1. The molecule has 0 aromatic heterocycles. The zero-order valence-corrected chi connectivity index (χ0v) is 14.1. The predicted molar refractivity (Wildman–Crippen MR) is 90.6 cm³/mol. The van der Waals surface area contributed by atoms with Crippen molar-refractivity contribution in [1.29, 1.82) is 0 Å². The molecule has 0 atom stereocenters. The van der Waals surface area contributed by atoms with E-state index in [4.69, 9.17) is 4.74 Å². The molecule has 4 heteroatoms. The normalized spacial score (nSPS) is 15.6. The highest BCUT2D eigenvalue weighted by molar-refractivity contribution is 5.67. The number of unbranched alkanes of at least 4 members (excludes halogenated alkanes) is 1. The van der Waals surface area contributed by atoms with Crippen molar-refractivity contribution in [3.05, 3.63) is 29.3 Å². The second-order valence-electron chi connectivity index (χ2n) is 6.06. The Morgan fingerprint density at radius 2 is 1.95 bits per heavy atom. The Bertz CT molecular complexity index is 502. The van der Waals surface area contributed by atoms with Crippen LogP contribution in [0, 0.1) is 13.8 Å². The first-order valence-corrected chi connectivity index (χ1v) is 8.35. The monoisotopic (exact) mass is 304 g/mol. The molecule has 0 saturated carbocycles. The molecular weight excluding hydrogens is 276 g/mol. The van der Waals surface area contributed by atoms with Crippen LogP contribution in [0.4, 0.5) is 10.5 Å². The summed E-state index contributed by atoms with van der Waals surface area (Å²) in [5.41, 5.74) is 3.89. The van der Waals surface area contributed by atoms with E-state index in [1.54, 1.807) is 0 Å². The lowest BCUT2D eigenvalue weighted by Crippen LogP contribution is -2.35. The van der Waals surface area contributed by atoms with Gasteiger partial charge in [0.2, 0.25) is 0 Å². The van der Waals surface area contributed by atoms with Gasteiger partial charge in [-0.25, -0.2) is 4.79 Å². The Morgan fingerprint density at radius 1 is 1.14 bits per heavy atom. The first-order valence-electron chi connectivity index (χ1n) is 8.35. The third kappa shape index (κ3) is 4.39. The van der Waals surface area contributed by atoms with Gasteiger partial charge in [0.15, 0.2) is 0 Å². The summed E-state index contributed by atoms with van der Waals surface area (Å²) < 4.78 is 5.32. The van der Waals surface area contributed by atoms with Crippen LogP contribution in [0.5, 0.6) is 0 Å². The van der Waals surface area contributed by atoms with E-state index in [0.717, 1.165) is 45.4 Å². The largest absolute Gasteiger partial charge is 0.449 e. The molecule has 1 aromatic carbocycles. The second kappa shape index (κ2) is 8.06. The van der Waals surface area contributed by atoms with Crippen molar-refractivity contribution in [2.24, 2.45) is 0 Å². The van der Waals surface area contributed by atoms with Gasteiger partial charge in [0.1, 0.15) is 0 Å². The second-order valence-corrected chi connectivity index (χ2v) is 6.06. The van der Waals surface area contributed by atoms with Crippen molar-refractivity contribution in [2.45, 2.75) is 40.0 Å². The molecule has 1 fully saturated rings. The molecule has 0 N–H and O–H groups in total. The average Bonchev–Trinajstić information content (AvgIpc) is 2.76. The molecule has 0 unspecified atom stereocenters. The van der Waals surface area contributed by atoms with Crippen LogP contribution in [-0.4, -0.2) is 43.8 Å². The lowest BCUT2D eigenvalue weighted by Gasteiger charge is -2.24. The summed E-state index contributed by atoms with van der Waals surface area (Å²) in [5.74, 6) is 0. The number of anilines is 1. The summed E-state index contributed by atoms with van der Waals surface area (Å²) >= 11 is 0. The first-order chi connectivity index (χ1) is 10.6. The number of aryl methyl sites for hydroxylation is 2. The molecule has 1 saturated heterocycles. The summed E-state index contributed by atoms with van der Waals surface area (Å²) in [6.45, 7) is 10.3. The van der Waals surface area contributed by atoms with Gasteiger partial charge in [0.25, 0.3) is 0 Å². The van der Waals surface area contributed by atoms with Gasteiger partial charge >= 0.3 is 6.09 Å². The van der Waals surface area contributed by atoms with Crippen molar-refractivity contribution < 1.29 is 9.53 Å². The molecule has 0 spiro atoms. The van der Waals surface area contributed by atoms with E-state index in [1.807, 2.05) is 4.90 Å². The highest BCUT2D eigenvalue weighted by Gasteiger charge is 2.20. The fourth-order valence-corrected chi connectivity index (χ4v) is 2.68. The minimum absolute atomic E-state index is 0.157. The zero-order chi connectivity index (χ0) is 15.9. The molecule has 1 aromatic rings. The summed E-state index contributed by atoms with van der Waals surface area (Å²) in [6.07, 6.45) is 2.81. The van der Waals surface area contributed by atoms with Crippen LogP contribution < -0.4 is 4.90 Å². The minimum atomic E-state index is -0.157. The molecule has 0 radical (unpaired) electrons. The Kier molecular flexibility index (Phi) is 6.10. The van der Waals surface area contributed by atoms with Crippen LogP contribution in [-0.2, 0) is 4.74 Å². The maximum absolute atomic E-state index is 12.1. The van der Waals surface area contributed by atoms with Crippen LogP contribution >= 0.6 is 0 Å². The molecule has 1 heterocycles. The van der Waals surface area contributed by atoms with Crippen LogP contribution in [0.2, 0.25) is 0 Å². The molecule has 1 aliphatic heterocycles. The van der Waals surface area contributed by atoms with Crippen LogP contribution in [0.3, 0.4) is 0 Å². The predicted octanol–water partition coefficient (Wildman–Crippen LogP) is 3.75. The van der Waals surface area contributed by atoms with E-state index in [2.05, 4.69) is 43.9 Å². The van der Waals surface area contributed by atoms with Crippen molar-refractivity contribution >= 4 is 11.8 Å². The van der Waals surface area contributed by atoms with Gasteiger partial charge in [-0.3, -0.25) is 0 Å². The summed E-state index contributed by atoms with van der Waals surface area (Å²) in [4.78, 5) is 16.3. The highest BCUT2D eigenvalue weighted by Crippen LogP contribution is 2.20. The molecule has 1 aliphatic rings. The average molecular weight is 304 g/mol. The number of nitrogens with zero attached hydrogens (tertiary/aromatic N) is 2. The number of hydrogen-bond donors (Lipinski definition) is 0. The fourth-order valence-electron chi connectivity index (χ4n) is 2.68. The smallest absolute Gasteiger partial charge is 0.409 e. The van der Waals surface area contributed by atoms with Crippen LogP contribution in [0.1, 0.15) is 37.3 Å². The van der Waals surface area contributed by atoms with E-state index < -0.39 is 0 Å². The van der Waals surface area contributed by atoms with Gasteiger partial charge in [0.05, 0.1) is 6.61 Å². The molecule has 1 amide bonds. The topological polar surface area (TPSA) is 32.8 Å². The van der Waals surface area contributed by atoms with E-state index in [-0.39, 0.29) is 6.09 Å². The van der Waals surface area contributed by atoms with Crippen molar-refractivity contribution in [3.8, 4) is 0 Å². The third-order valence-electron chi connectivity index (χ3n) is 4.33. The maximum Gasteiger partial charge on any atom is 0.409 e. The third-order valence-corrected chi connectivity index (χ3v) is 4.33. The summed E-state index contributed by atoms with van der Waals surface area (Å²) in [5, 5.41) is 0. The van der Waals surface area contributed by atoms with Gasteiger partial charge < -0.3 is 14.5 Å². The number of carbonyl (C=O) groups is 1. The Hall–Kier alpha value is -1.71. The SMILES string of the molecule is CCCCOC(=O)N1CCCN(c2ccc(C)c(C)c2)CC1. The number of rotatable bonds is 4. The molecule has 122 valence electrons. The van der Waals surface area contributed by atoms with Gasteiger partial charge in [-0.15, -0.1) is 0 Å². The lowest BCUT2D eigenvalue weighted by molar-refractivity contribution is 0.103. The minimum Gasteiger partial charge on any atom is -0.449 e. The van der Waals surface area contributed by atoms with Gasteiger partial charge in [0, 0.05) is 31.9 Å². The quantitative estimate of drug-likeness (QED) is 0.794. The van der Waals surface area contributed by atoms with E-state index in [1.165, 1.54) is 16.8 Å². The Labute approximate surface area is 134 Å². The van der Waals surface area contributed by atoms with Gasteiger partial charge in [-0.2, -0.15) is 0 Å². The number of hydrogen-bond acceptors (Lipinski definition) is 3. The summed E-state index contributed by atoms with van der Waals surface area (Å²) in [7, 11) is 0. The molecule has 0 bridgehead atoms. The molecule has 22 heavy (non-hydrogen) atoms. The van der Waals surface area contributed by atoms with Crippen molar-refractivity contribution in [3.63, 3.8) is 0 Å². The number of benzene rings is 1. The number of ether oxygens (including phenoxy) is 1. The van der Waals surface area contributed by atoms with E-state index in [9.17, 15) is 4.79 Å². The van der Waals surface area contributed by atoms with Crippen LogP contribution in [0.15, 0.2) is 18.2 Å². The van der Waals surface area contributed by atoms with Crippen molar-refractivity contribution in [2.75, 3.05) is 37.7 Å². The molecule has 0 aliphatic carbocycles. The fraction of sp³-hybridized carbons (Fsp3) is 0.611. The van der Waals surface area contributed by atoms with Crippen molar-refractivity contribution in [1.82, 2.24) is 4.90 Å². The molecule has 4 nitrogen and oxygen atoms in total. The number of carbonyl (C=O) groups excluding carboxylic acids is 1. The number of amides is 1. The zero-order valence-electron chi connectivity index (χ0n) is 14.1. The first kappa shape index (κ1) is 16.7. The van der Waals surface area contributed by atoms with E-state index >= 15 is 0 Å². The Morgan fingerprint density at radius 3 is 2.68 bits per heavy atom. The standard InChI is InChI=1S/C18H28N2O2/c1-4-5-13-22-18(21)20-10-6-9-19(11-12-20)17-8-7-15(2)16(3)14-17/h7-8,14H,4-6,9-13H2,1-3H3. The molecular formula is C18H28N2O2. The van der Waals surface area contributed by atoms with Crippen LogP contribution in [0.25, 0.3) is 0 Å². The van der Waals surface area contributed by atoms with Gasteiger partial charge in [-0.1, -0.05) is 19.4 Å². The van der Waals surface area contributed by atoms with E-state index in [0.29, 0.717) is 6.61 Å².